The van der Waals surface area contributed by atoms with E-state index in [0.717, 1.165) is 6.42 Å². The lowest BCUT2D eigenvalue weighted by atomic mass is 10.3. The molecule has 0 saturated heterocycles. The van der Waals surface area contributed by atoms with E-state index in [2.05, 4.69) is 11.3 Å². The van der Waals surface area contributed by atoms with Crippen molar-refractivity contribution in [2.75, 3.05) is 10.5 Å². The van der Waals surface area contributed by atoms with Crippen LogP contribution in [-0.4, -0.2) is 20.1 Å². The summed E-state index contributed by atoms with van der Waals surface area (Å²) in [6.45, 7) is 6.95. The van der Waals surface area contributed by atoms with E-state index in [4.69, 9.17) is 4.74 Å². The van der Waals surface area contributed by atoms with E-state index in [1.54, 1.807) is 25.1 Å². The third kappa shape index (κ3) is 5.44. The second kappa shape index (κ2) is 7.09. The fraction of sp³-hybridized carbons (Fsp3) is 0.357. The van der Waals surface area contributed by atoms with E-state index < -0.39 is 16.0 Å². The Hall–Kier alpha value is -1.82. The number of nitrogens with one attached hydrogen (secondary N) is 1. The fourth-order valence-corrected chi connectivity index (χ4v) is 2.64. The molecule has 0 aliphatic rings. The molecule has 1 rings (SSSR count). The molecule has 1 N–H and O–H groups in total. The van der Waals surface area contributed by atoms with Crippen LogP contribution >= 0.6 is 0 Å². The van der Waals surface area contributed by atoms with Crippen molar-refractivity contribution in [2.24, 2.45) is 0 Å². The minimum absolute atomic E-state index is 0.0687. The van der Waals surface area contributed by atoms with Crippen LogP contribution in [0, 0.1) is 0 Å². The maximum atomic E-state index is 11.8. The van der Waals surface area contributed by atoms with E-state index in [1.165, 1.54) is 6.07 Å². The van der Waals surface area contributed by atoms with Crippen LogP contribution in [0.15, 0.2) is 36.4 Å². The van der Waals surface area contributed by atoms with Crippen LogP contribution in [0.2, 0.25) is 0 Å². The molecule has 0 heterocycles. The van der Waals surface area contributed by atoms with E-state index in [0.29, 0.717) is 12.1 Å². The van der Waals surface area contributed by atoms with Crippen LogP contribution in [0.4, 0.5) is 5.69 Å². The van der Waals surface area contributed by atoms with Gasteiger partial charge in [0.25, 0.3) is 0 Å². The van der Waals surface area contributed by atoms with Crippen LogP contribution in [-0.2, 0) is 14.8 Å². The minimum Gasteiger partial charge on any atom is -0.423 e. The molecule has 0 unspecified atom stereocenters. The molecule has 6 heteroatoms. The first-order valence-electron chi connectivity index (χ1n) is 6.32. The number of anilines is 1. The number of hydrogen-bond donors (Lipinski definition) is 1. The number of unbranched alkanes of at least 4 members (excludes halogenated alkanes) is 1. The van der Waals surface area contributed by atoms with Gasteiger partial charge < -0.3 is 4.74 Å². The summed E-state index contributed by atoms with van der Waals surface area (Å²) in [5.41, 5.74) is 0.645. The van der Waals surface area contributed by atoms with Crippen LogP contribution in [0.25, 0.3) is 0 Å². The molecule has 0 amide bonds. The summed E-state index contributed by atoms with van der Waals surface area (Å²) in [7, 11) is -3.37. The van der Waals surface area contributed by atoms with Gasteiger partial charge >= 0.3 is 5.97 Å². The zero-order valence-electron chi connectivity index (χ0n) is 11.7. The number of sulfonamides is 1. The molecule has 0 radical (unpaired) electrons. The number of carbonyl (C=O) groups is 1. The Labute approximate surface area is 119 Å². The Kier molecular flexibility index (Phi) is 5.76. The largest absolute Gasteiger partial charge is 0.423 e. The zero-order chi connectivity index (χ0) is 15.2. The molecular weight excluding hydrogens is 278 g/mol. The summed E-state index contributed by atoms with van der Waals surface area (Å²) in [5.74, 6) is -0.205. The summed E-state index contributed by atoms with van der Waals surface area (Å²) in [4.78, 5) is 11.4. The molecule has 1 aromatic rings. The SMILES string of the molecule is C=C(C)C(=O)Oc1cccc(NS(=O)(=O)CCCC)c1. The number of ether oxygens (including phenoxy) is 1. The Bertz CT molecular complexity index is 593. The lowest BCUT2D eigenvalue weighted by molar-refractivity contribution is -0.130. The van der Waals surface area contributed by atoms with E-state index in [-0.39, 0.29) is 17.1 Å². The van der Waals surface area contributed by atoms with Crippen LogP contribution < -0.4 is 9.46 Å². The highest BCUT2D eigenvalue weighted by Gasteiger charge is 2.11. The van der Waals surface area contributed by atoms with Gasteiger partial charge in [0, 0.05) is 11.6 Å². The molecule has 1 aromatic carbocycles. The molecule has 0 spiro atoms. The standard InChI is InChI=1S/C14H19NO4S/c1-4-5-9-20(17,18)15-12-7-6-8-13(10-12)19-14(16)11(2)3/h6-8,10,15H,2,4-5,9H2,1,3H3. The van der Waals surface area contributed by atoms with Gasteiger partial charge in [0.2, 0.25) is 10.0 Å². The molecule has 0 fully saturated rings. The molecule has 0 atom stereocenters. The van der Waals surface area contributed by atoms with Gasteiger partial charge in [-0.2, -0.15) is 0 Å². The molecule has 20 heavy (non-hydrogen) atoms. The lowest BCUT2D eigenvalue weighted by Crippen LogP contribution is -2.16. The molecular formula is C14H19NO4S. The van der Waals surface area contributed by atoms with Gasteiger partial charge in [0.15, 0.2) is 0 Å². The van der Waals surface area contributed by atoms with Crippen molar-refractivity contribution in [2.45, 2.75) is 26.7 Å². The quantitative estimate of drug-likeness (QED) is 0.477. The van der Waals surface area contributed by atoms with Crippen molar-refractivity contribution in [3.8, 4) is 5.75 Å². The molecule has 0 bridgehead atoms. The predicted octanol–water partition coefficient (Wildman–Crippen LogP) is 2.71. The lowest BCUT2D eigenvalue weighted by Gasteiger charge is -2.09. The third-order valence-electron chi connectivity index (χ3n) is 2.43. The Morgan fingerprint density at radius 1 is 1.40 bits per heavy atom. The average Bonchev–Trinajstić information content (AvgIpc) is 2.36. The maximum Gasteiger partial charge on any atom is 0.338 e. The van der Waals surface area contributed by atoms with Gasteiger partial charge in [-0.3, -0.25) is 4.72 Å². The summed E-state index contributed by atoms with van der Waals surface area (Å²) in [5, 5.41) is 0. The van der Waals surface area contributed by atoms with Crippen molar-refractivity contribution >= 4 is 21.7 Å². The van der Waals surface area contributed by atoms with Gasteiger partial charge in [-0.05, 0) is 25.5 Å². The highest BCUT2D eigenvalue weighted by atomic mass is 32.2. The summed E-state index contributed by atoms with van der Waals surface area (Å²) >= 11 is 0. The Balaban J connectivity index is 2.78. The van der Waals surface area contributed by atoms with Gasteiger partial charge in [0.05, 0.1) is 11.4 Å². The first-order valence-corrected chi connectivity index (χ1v) is 7.97. The smallest absolute Gasteiger partial charge is 0.338 e. The van der Waals surface area contributed by atoms with Gasteiger partial charge in [-0.15, -0.1) is 0 Å². The zero-order valence-corrected chi connectivity index (χ0v) is 12.5. The fourth-order valence-electron chi connectivity index (χ4n) is 1.38. The highest BCUT2D eigenvalue weighted by molar-refractivity contribution is 7.92. The molecule has 0 saturated carbocycles. The number of rotatable bonds is 7. The molecule has 0 aliphatic carbocycles. The molecule has 5 nitrogen and oxygen atoms in total. The number of benzene rings is 1. The van der Waals surface area contributed by atoms with E-state index in [9.17, 15) is 13.2 Å². The monoisotopic (exact) mass is 297 g/mol. The first-order chi connectivity index (χ1) is 9.34. The van der Waals surface area contributed by atoms with E-state index >= 15 is 0 Å². The summed E-state index contributed by atoms with van der Waals surface area (Å²) in [6, 6.07) is 6.25. The van der Waals surface area contributed by atoms with Crippen molar-refractivity contribution in [1.29, 1.82) is 0 Å². The molecule has 110 valence electrons. The number of hydrogen-bond acceptors (Lipinski definition) is 4. The van der Waals surface area contributed by atoms with Crippen molar-refractivity contribution in [1.82, 2.24) is 0 Å². The first kappa shape index (κ1) is 16.2. The van der Waals surface area contributed by atoms with Crippen LogP contribution in [0.1, 0.15) is 26.7 Å². The number of esters is 1. The van der Waals surface area contributed by atoms with E-state index in [1.807, 2.05) is 6.92 Å². The Morgan fingerprint density at radius 2 is 2.10 bits per heavy atom. The van der Waals surface area contributed by atoms with Crippen LogP contribution in [0.3, 0.4) is 0 Å². The highest BCUT2D eigenvalue weighted by Crippen LogP contribution is 2.19. The number of carbonyl (C=O) groups excluding carboxylic acids is 1. The summed E-state index contributed by atoms with van der Waals surface area (Å²) in [6.07, 6.45) is 1.40. The Morgan fingerprint density at radius 3 is 2.70 bits per heavy atom. The van der Waals surface area contributed by atoms with Crippen LogP contribution in [0.5, 0.6) is 5.75 Å². The van der Waals surface area contributed by atoms with Crippen molar-refractivity contribution < 1.29 is 17.9 Å². The third-order valence-corrected chi connectivity index (χ3v) is 3.81. The van der Waals surface area contributed by atoms with Gasteiger partial charge in [-0.1, -0.05) is 26.0 Å². The van der Waals surface area contributed by atoms with Gasteiger partial charge in [-0.25, -0.2) is 13.2 Å². The maximum absolute atomic E-state index is 11.8. The minimum atomic E-state index is -3.37. The summed E-state index contributed by atoms with van der Waals surface area (Å²) < 4.78 is 31.0. The predicted molar refractivity (Wildman–Crippen MR) is 79.2 cm³/mol. The molecule has 0 aromatic heterocycles. The van der Waals surface area contributed by atoms with Crippen molar-refractivity contribution in [3.05, 3.63) is 36.4 Å². The van der Waals surface area contributed by atoms with Gasteiger partial charge in [0.1, 0.15) is 5.75 Å². The normalized spacial score (nSPS) is 10.9. The average molecular weight is 297 g/mol. The van der Waals surface area contributed by atoms with Crippen molar-refractivity contribution in [3.63, 3.8) is 0 Å². The second-order valence-corrected chi connectivity index (χ2v) is 6.31. The molecule has 0 aliphatic heterocycles. The topological polar surface area (TPSA) is 72.5 Å². The second-order valence-electron chi connectivity index (χ2n) is 4.47.